The van der Waals surface area contributed by atoms with E-state index in [4.69, 9.17) is 5.26 Å². The van der Waals surface area contributed by atoms with Crippen molar-refractivity contribution in [3.63, 3.8) is 0 Å². The molecule has 0 saturated carbocycles. The molecule has 1 atom stereocenters. The zero-order chi connectivity index (χ0) is 11.0. The Bertz CT molecular complexity index is 172. The molecule has 0 heterocycles. The van der Waals surface area contributed by atoms with E-state index in [1.807, 2.05) is 0 Å². The normalized spacial score (nSPS) is 13.2. The first-order valence-electron chi connectivity index (χ1n) is 5.37. The van der Waals surface area contributed by atoms with Gasteiger partial charge in [-0.25, -0.2) is 0 Å². The van der Waals surface area contributed by atoms with Gasteiger partial charge in [-0.15, -0.1) is 0 Å². The molecule has 0 aliphatic carbocycles. The Morgan fingerprint density at radius 2 is 1.93 bits per heavy atom. The maximum absolute atomic E-state index is 8.61. The highest BCUT2D eigenvalue weighted by atomic mass is 15.1. The van der Waals surface area contributed by atoms with Crippen LogP contribution in [0.25, 0.3) is 0 Å². The Balaban J connectivity index is 3.73. The largest absolute Gasteiger partial charge is 0.309 e. The smallest absolute Gasteiger partial charge is 0.0638 e. The summed E-state index contributed by atoms with van der Waals surface area (Å²) in [5.41, 5.74) is 0. The van der Waals surface area contributed by atoms with Crippen LogP contribution in [0.1, 0.15) is 26.7 Å². The summed E-state index contributed by atoms with van der Waals surface area (Å²) < 4.78 is 0. The van der Waals surface area contributed by atoms with Gasteiger partial charge >= 0.3 is 0 Å². The second kappa shape index (κ2) is 7.78. The second-order valence-electron chi connectivity index (χ2n) is 4.00. The van der Waals surface area contributed by atoms with Crippen molar-refractivity contribution in [2.75, 3.05) is 33.7 Å². The van der Waals surface area contributed by atoms with Crippen LogP contribution in [0.4, 0.5) is 0 Å². The molecule has 0 aliphatic heterocycles. The number of hydrogen-bond acceptors (Lipinski definition) is 3. The highest BCUT2D eigenvalue weighted by molar-refractivity contribution is 4.79. The van der Waals surface area contributed by atoms with Crippen LogP contribution in [0.2, 0.25) is 0 Å². The summed E-state index contributed by atoms with van der Waals surface area (Å²) in [4.78, 5) is 4.56. The summed E-state index contributed by atoms with van der Waals surface area (Å²) in [5, 5.41) is 8.61. The lowest BCUT2D eigenvalue weighted by atomic mass is 10.2. The minimum absolute atomic E-state index is 0.396. The fourth-order valence-corrected chi connectivity index (χ4v) is 1.54. The molecule has 0 N–H and O–H groups in total. The Kier molecular flexibility index (Phi) is 7.45. The van der Waals surface area contributed by atoms with Crippen molar-refractivity contribution in [1.29, 1.82) is 5.26 Å². The van der Waals surface area contributed by atoms with Gasteiger partial charge in [-0.2, -0.15) is 5.26 Å². The van der Waals surface area contributed by atoms with E-state index in [0.717, 1.165) is 19.6 Å². The fraction of sp³-hybridized carbons (Fsp3) is 0.909. The Hall–Kier alpha value is -0.590. The summed E-state index contributed by atoms with van der Waals surface area (Å²) in [7, 11) is 4.18. The van der Waals surface area contributed by atoms with Crippen molar-refractivity contribution in [1.82, 2.24) is 9.80 Å². The quantitative estimate of drug-likeness (QED) is 0.620. The molecule has 0 saturated heterocycles. The van der Waals surface area contributed by atoms with Crippen LogP contribution in [0.15, 0.2) is 0 Å². The van der Waals surface area contributed by atoms with Gasteiger partial charge in [0.05, 0.1) is 12.5 Å². The number of nitrogens with zero attached hydrogens (tertiary/aromatic N) is 3. The minimum atomic E-state index is 0.396. The van der Waals surface area contributed by atoms with Crippen molar-refractivity contribution < 1.29 is 0 Å². The molecule has 3 nitrogen and oxygen atoms in total. The molecule has 1 unspecified atom stereocenters. The third-order valence-corrected chi connectivity index (χ3v) is 2.47. The van der Waals surface area contributed by atoms with E-state index < -0.39 is 0 Å². The summed E-state index contributed by atoms with van der Waals surface area (Å²) >= 11 is 0. The summed E-state index contributed by atoms with van der Waals surface area (Å²) in [5.74, 6) is 0. The van der Waals surface area contributed by atoms with Gasteiger partial charge in [-0.05, 0) is 47.1 Å². The molecule has 0 aromatic heterocycles. The molecule has 3 heteroatoms. The molecule has 0 bridgehead atoms. The van der Waals surface area contributed by atoms with E-state index in [-0.39, 0.29) is 0 Å². The molecule has 0 aromatic carbocycles. The first-order valence-corrected chi connectivity index (χ1v) is 5.37. The molecule has 0 aliphatic rings. The lowest BCUT2D eigenvalue weighted by Gasteiger charge is -2.26. The second-order valence-corrected chi connectivity index (χ2v) is 4.00. The zero-order valence-electron chi connectivity index (χ0n) is 9.95. The third-order valence-electron chi connectivity index (χ3n) is 2.47. The van der Waals surface area contributed by atoms with E-state index in [0.29, 0.717) is 12.5 Å². The van der Waals surface area contributed by atoms with Crippen LogP contribution in [0, 0.1) is 11.3 Å². The summed E-state index contributed by atoms with van der Waals surface area (Å²) in [6, 6.07) is 2.62. The van der Waals surface area contributed by atoms with Gasteiger partial charge in [0, 0.05) is 6.04 Å². The molecule has 0 spiro atoms. The van der Waals surface area contributed by atoms with Crippen molar-refractivity contribution >= 4 is 0 Å². The van der Waals surface area contributed by atoms with Crippen molar-refractivity contribution in [3.05, 3.63) is 0 Å². The maximum atomic E-state index is 8.61. The maximum Gasteiger partial charge on any atom is 0.0638 e. The van der Waals surface area contributed by atoms with E-state index >= 15 is 0 Å². The number of rotatable bonds is 7. The van der Waals surface area contributed by atoms with E-state index in [2.05, 4.69) is 43.8 Å². The molecule has 0 fully saturated rings. The van der Waals surface area contributed by atoms with Gasteiger partial charge in [-0.1, -0.05) is 6.92 Å². The van der Waals surface area contributed by atoms with E-state index in [1.165, 1.54) is 6.42 Å². The zero-order valence-corrected chi connectivity index (χ0v) is 9.95. The van der Waals surface area contributed by atoms with Gasteiger partial charge in [0.15, 0.2) is 0 Å². The van der Waals surface area contributed by atoms with Gasteiger partial charge in [-0.3, -0.25) is 4.90 Å². The van der Waals surface area contributed by atoms with Gasteiger partial charge in [0.1, 0.15) is 0 Å². The van der Waals surface area contributed by atoms with Gasteiger partial charge in [0.2, 0.25) is 0 Å². The van der Waals surface area contributed by atoms with E-state index in [9.17, 15) is 0 Å². The third kappa shape index (κ3) is 5.95. The molecular formula is C11H23N3. The predicted octanol–water partition coefficient (Wildman–Crippen LogP) is 1.56. The van der Waals surface area contributed by atoms with Crippen LogP contribution >= 0.6 is 0 Å². The minimum Gasteiger partial charge on any atom is -0.309 e. The van der Waals surface area contributed by atoms with Crippen LogP contribution in [0.5, 0.6) is 0 Å². The Morgan fingerprint density at radius 3 is 2.36 bits per heavy atom. The van der Waals surface area contributed by atoms with Crippen LogP contribution < -0.4 is 0 Å². The summed E-state index contributed by atoms with van der Waals surface area (Å²) in [6.45, 7) is 7.54. The SMILES string of the molecule is CCN(CCCN(C)C)C(C)CC#N. The highest BCUT2D eigenvalue weighted by Crippen LogP contribution is 2.03. The van der Waals surface area contributed by atoms with Crippen LogP contribution in [-0.4, -0.2) is 49.6 Å². The van der Waals surface area contributed by atoms with Crippen molar-refractivity contribution in [2.45, 2.75) is 32.7 Å². The molecule has 0 rings (SSSR count). The fourth-order valence-electron chi connectivity index (χ4n) is 1.54. The Labute approximate surface area is 88.3 Å². The van der Waals surface area contributed by atoms with E-state index in [1.54, 1.807) is 0 Å². The Morgan fingerprint density at radius 1 is 1.29 bits per heavy atom. The van der Waals surface area contributed by atoms with Crippen molar-refractivity contribution in [3.8, 4) is 6.07 Å². The monoisotopic (exact) mass is 197 g/mol. The lowest BCUT2D eigenvalue weighted by Crippen LogP contribution is -2.34. The lowest BCUT2D eigenvalue weighted by molar-refractivity contribution is 0.210. The van der Waals surface area contributed by atoms with Crippen LogP contribution in [0.3, 0.4) is 0 Å². The average molecular weight is 197 g/mol. The highest BCUT2D eigenvalue weighted by Gasteiger charge is 2.10. The van der Waals surface area contributed by atoms with Gasteiger partial charge in [0.25, 0.3) is 0 Å². The average Bonchev–Trinajstić information content (AvgIpc) is 2.12. The molecule has 0 radical (unpaired) electrons. The molecule has 14 heavy (non-hydrogen) atoms. The van der Waals surface area contributed by atoms with Gasteiger partial charge < -0.3 is 4.90 Å². The molecule has 0 aromatic rings. The topological polar surface area (TPSA) is 30.3 Å². The predicted molar refractivity (Wildman–Crippen MR) is 60.1 cm³/mol. The number of nitriles is 1. The molecule has 82 valence electrons. The van der Waals surface area contributed by atoms with Crippen LogP contribution in [-0.2, 0) is 0 Å². The standard InChI is InChI=1S/C11H23N3/c1-5-14(11(2)7-8-12)10-6-9-13(3)4/h11H,5-7,9-10H2,1-4H3. The molecular weight excluding hydrogens is 174 g/mol. The number of hydrogen-bond donors (Lipinski definition) is 0. The summed E-state index contributed by atoms with van der Waals surface area (Å²) in [6.07, 6.45) is 1.81. The first kappa shape index (κ1) is 13.4. The first-order chi connectivity index (χ1) is 6.61. The molecule has 0 amide bonds. The van der Waals surface area contributed by atoms with Crippen molar-refractivity contribution in [2.24, 2.45) is 0 Å².